The molecule has 1 atom stereocenters. The Morgan fingerprint density at radius 2 is 1.04 bits per heavy atom. The van der Waals surface area contributed by atoms with Crippen molar-refractivity contribution in [3.8, 4) is 0 Å². The summed E-state index contributed by atoms with van der Waals surface area (Å²) < 4.78 is 1.25. The van der Waals surface area contributed by atoms with Crippen molar-refractivity contribution in [3.63, 3.8) is 0 Å². The number of nitrogens with zero attached hydrogens (tertiary/aromatic N) is 1. The van der Waals surface area contributed by atoms with Crippen molar-refractivity contribution < 1.29 is 4.48 Å². The van der Waals surface area contributed by atoms with E-state index in [0.717, 1.165) is 17.8 Å². The van der Waals surface area contributed by atoms with Crippen molar-refractivity contribution in [2.45, 2.75) is 40.0 Å². The third-order valence-corrected chi connectivity index (χ3v) is 5.04. The van der Waals surface area contributed by atoms with E-state index >= 15 is 0 Å². The van der Waals surface area contributed by atoms with E-state index in [1.54, 1.807) is 0 Å². The molecule has 0 aromatic heterocycles. The molecule has 4 aliphatic rings. The lowest BCUT2D eigenvalue weighted by atomic mass is 10.0. The number of piperidine rings is 1. The van der Waals surface area contributed by atoms with Gasteiger partial charge in [0.1, 0.15) is 13.1 Å². The molecule has 138 valence electrons. The zero-order chi connectivity index (χ0) is 17.1. The minimum Gasteiger partial charge on any atom is -0.319 e. The number of quaternary nitrogens is 1. The van der Waals surface area contributed by atoms with Crippen molar-refractivity contribution in [2.75, 3.05) is 66.5 Å². The van der Waals surface area contributed by atoms with Crippen LogP contribution in [0, 0.1) is 17.8 Å². The van der Waals surface area contributed by atoms with Gasteiger partial charge in [-0.2, -0.15) is 0 Å². The first-order valence-corrected chi connectivity index (χ1v) is 9.83. The van der Waals surface area contributed by atoms with E-state index in [0.29, 0.717) is 0 Å². The zero-order valence-electron chi connectivity index (χ0n) is 16.5. The number of rotatable bonds is 0. The molecule has 0 aromatic rings. The molecule has 4 fully saturated rings. The first-order valence-electron chi connectivity index (χ1n) is 9.83. The fourth-order valence-electron chi connectivity index (χ4n) is 2.40. The molecule has 0 saturated carbocycles. The minimum absolute atomic E-state index is 0.935. The molecule has 4 rings (SSSR count). The highest BCUT2D eigenvalue weighted by Gasteiger charge is 2.30. The Hall–Kier alpha value is -0.160. The van der Waals surface area contributed by atoms with E-state index in [1.807, 2.05) is 0 Å². The quantitative estimate of drug-likeness (QED) is 0.470. The lowest BCUT2D eigenvalue weighted by Gasteiger charge is -2.21. The van der Waals surface area contributed by atoms with Gasteiger partial charge in [0.25, 0.3) is 0 Å². The largest absolute Gasteiger partial charge is 0.319 e. The molecule has 0 bridgehead atoms. The van der Waals surface area contributed by atoms with Crippen LogP contribution in [0.1, 0.15) is 40.0 Å². The second-order valence-corrected chi connectivity index (χ2v) is 8.68. The van der Waals surface area contributed by atoms with Crippen molar-refractivity contribution in [3.05, 3.63) is 0 Å². The molecular weight excluding hydrogens is 284 g/mol. The van der Waals surface area contributed by atoms with Crippen LogP contribution in [0.25, 0.3) is 0 Å². The minimum atomic E-state index is 0.935. The molecule has 4 nitrogen and oxygen atoms in total. The Morgan fingerprint density at radius 1 is 0.609 bits per heavy atom. The molecule has 0 radical (unpaired) electrons. The average molecular weight is 328 g/mol. The Kier molecular flexibility index (Phi) is 10.4. The number of hydrogen-bond donors (Lipinski definition) is 3. The van der Waals surface area contributed by atoms with Gasteiger partial charge in [-0.3, -0.25) is 0 Å². The lowest BCUT2D eigenvalue weighted by Crippen LogP contribution is -2.39. The van der Waals surface area contributed by atoms with Gasteiger partial charge in [0, 0.05) is 0 Å². The van der Waals surface area contributed by atoms with Crippen LogP contribution in [-0.4, -0.2) is 70.9 Å². The van der Waals surface area contributed by atoms with E-state index in [9.17, 15) is 0 Å². The highest BCUT2D eigenvalue weighted by molar-refractivity contribution is 4.68. The first-order chi connectivity index (χ1) is 10.9. The van der Waals surface area contributed by atoms with Crippen LogP contribution >= 0.6 is 0 Å². The Morgan fingerprint density at radius 3 is 1.17 bits per heavy atom. The van der Waals surface area contributed by atoms with Gasteiger partial charge in [0.05, 0.1) is 14.1 Å². The molecule has 4 heteroatoms. The van der Waals surface area contributed by atoms with Gasteiger partial charge in [-0.25, -0.2) is 0 Å². The molecule has 4 aliphatic heterocycles. The van der Waals surface area contributed by atoms with Crippen LogP contribution in [0.2, 0.25) is 0 Å². The van der Waals surface area contributed by atoms with Gasteiger partial charge in [0.15, 0.2) is 0 Å². The monoisotopic (exact) mass is 327 g/mol. The van der Waals surface area contributed by atoms with Gasteiger partial charge in [-0.05, 0) is 76.3 Å². The molecule has 0 amide bonds. The van der Waals surface area contributed by atoms with Crippen molar-refractivity contribution in [2.24, 2.45) is 17.8 Å². The van der Waals surface area contributed by atoms with Crippen LogP contribution in [0.15, 0.2) is 0 Å². The highest BCUT2D eigenvalue weighted by Crippen LogP contribution is 2.09. The molecule has 0 aliphatic carbocycles. The summed E-state index contributed by atoms with van der Waals surface area (Å²) in [5.74, 6) is 2.86. The summed E-state index contributed by atoms with van der Waals surface area (Å²) in [6.45, 7) is 17.0. The Bertz CT molecular complexity index is 271. The first kappa shape index (κ1) is 20.9. The van der Waals surface area contributed by atoms with Crippen LogP contribution < -0.4 is 16.0 Å². The maximum atomic E-state index is 3.32. The van der Waals surface area contributed by atoms with E-state index in [4.69, 9.17) is 0 Å². The Labute approximate surface area is 145 Å². The summed E-state index contributed by atoms with van der Waals surface area (Å²) in [6.07, 6.45) is 4.12. The summed E-state index contributed by atoms with van der Waals surface area (Å²) in [5.41, 5.74) is 0. The predicted octanol–water partition coefficient (Wildman–Crippen LogP) is 1.92. The number of hydrogen-bond acceptors (Lipinski definition) is 3. The van der Waals surface area contributed by atoms with Gasteiger partial charge in [0.2, 0.25) is 0 Å². The van der Waals surface area contributed by atoms with Gasteiger partial charge in [-0.15, -0.1) is 0 Å². The summed E-state index contributed by atoms with van der Waals surface area (Å²) in [6, 6.07) is 0. The fraction of sp³-hybridized carbons (Fsp3) is 1.00. The summed E-state index contributed by atoms with van der Waals surface area (Å²) in [4.78, 5) is 0. The molecule has 0 spiro atoms. The molecule has 4 heterocycles. The topological polar surface area (TPSA) is 36.1 Å². The molecular formula is C19H43N4+. The van der Waals surface area contributed by atoms with Crippen molar-refractivity contribution in [1.29, 1.82) is 0 Å². The van der Waals surface area contributed by atoms with Crippen molar-refractivity contribution in [1.82, 2.24) is 16.0 Å². The maximum absolute atomic E-state index is 3.32. The number of likely N-dealkylation sites (N-methyl/N-ethyl adjacent to an activating group) is 1. The molecule has 0 aromatic carbocycles. The van der Waals surface area contributed by atoms with E-state index in [1.165, 1.54) is 76.1 Å². The highest BCUT2D eigenvalue weighted by atomic mass is 15.4. The average Bonchev–Trinajstić information content (AvgIpc) is 2.98. The smallest absolute Gasteiger partial charge is 0.128 e. The number of nitrogens with one attached hydrogen (secondary N) is 3. The normalized spacial score (nSPS) is 28.8. The molecule has 23 heavy (non-hydrogen) atoms. The maximum Gasteiger partial charge on any atom is 0.128 e. The third kappa shape index (κ3) is 12.9. The lowest BCUT2D eigenvalue weighted by molar-refractivity contribution is -0.753. The Balaban J connectivity index is 0.000000155. The summed E-state index contributed by atoms with van der Waals surface area (Å²) in [7, 11) is 4.47. The van der Waals surface area contributed by atoms with Crippen LogP contribution in [0.4, 0.5) is 0 Å². The summed E-state index contributed by atoms with van der Waals surface area (Å²) in [5, 5.41) is 9.75. The predicted molar refractivity (Wildman–Crippen MR) is 102 cm³/mol. The zero-order valence-corrected chi connectivity index (χ0v) is 16.5. The third-order valence-electron chi connectivity index (χ3n) is 5.04. The fourth-order valence-corrected chi connectivity index (χ4v) is 2.40. The second-order valence-electron chi connectivity index (χ2n) is 8.68. The molecule has 4 saturated heterocycles. The molecule has 1 unspecified atom stereocenters. The van der Waals surface area contributed by atoms with Gasteiger partial charge in [-0.1, -0.05) is 20.8 Å². The second kappa shape index (κ2) is 11.4. The van der Waals surface area contributed by atoms with Crippen LogP contribution in [-0.2, 0) is 0 Å². The molecule has 3 N–H and O–H groups in total. The van der Waals surface area contributed by atoms with E-state index < -0.39 is 0 Å². The van der Waals surface area contributed by atoms with Crippen molar-refractivity contribution >= 4 is 0 Å². The van der Waals surface area contributed by atoms with Gasteiger partial charge >= 0.3 is 0 Å². The van der Waals surface area contributed by atoms with Crippen LogP contribution in [0.3, 0.4) is 0 Å². The van der Waals surface area contributed by atoms with Gasteiger partial charge < -0.3 is 20.4 Å². The standard InChI is InChI=1S/C6H13N.C5H11N.C4H10N.C4H9N/c1-6-2-4-7-5-3-6;1-5-2-3-6-4-5;1-5(2)3-4-5;1-4-2-5-3-4/h6-7H,2-5H2,1H3;5-6H,2-4H2,1H3;3-4H2,1-2H3;4-5H,2-3H2,1H3/q;;+1;. The van der Waals surface area contributed by atoms with E-state index in [-0.39, 0.29) is 0 Å². The van der Waals surface area contributed by atoms with Crippen LogP contribution in [0.5, 0.6) is 0 Å². The summed E-state index contributed by atoms with van der Waals surface area (Å²) >= 11 is 0. The van der Waals surface area contributed by atoms with E-state index in [2.05, 4.69) is 50.8 Å². The SMILES string of the molecule is CC1CCNC1.CC1CCNCC1.CC1CNC1.C[N+]1(C)CC1.